The molecule has 0 amide bonds. The van der Waals surface area contributed by atoms with E-state index in [1.54, 1.807) is 32.1 Å². The highest BCUT2D eigenvalue weighted by atomic mass is 15.2. The summed E-state index contributed by atoms with van der Waals surface area (Å²) in [5.74, 6) is 4.43. The van der Waals surface area contributed by atoms with Crippen LogP contribution in [0.1, 0.15) is 44.9 Å². The van der Waals surface area contributed by atoms with Crippen LogP contribution in [0.2, 0.25) is 0 Å². The standard InChI is InChI=1S/C14H23N/c1-15-4-2-3-14(15)12-6-10-5-11(8-12)9-13(14)7-10/h10-13H,2-9H2,1H3/t10-,11-,12-,13+,14?. The molecule has 4 saturated carbocycles. The maximum absolute atomic E-state index is 2.76. The first-order valence-electron chi connectivity index (χ1n) is 7.00. The van der Waals surface area contributed by atoms with Crippen molar-refractivity contribution < 1.29 is 0 Å². The van der Waals surface area contributed by atoms with Crippen molar-refractivity contribution in [2.75, 3.05) is 13.6 Å². The summed E-state index contributed by atoms with van der Waals surface area (Å²) in [4.78, 5) is 2.76. The van der Waals surface area contributed by atoms with Crippen molar-refractivity contribution >= 4 is 0 Å². The van der Waals surface area contributed by atoms with Gasteiger partial charge in [0.2, 0.25) is 0 Å². The first-order chi connectivity index (χ1) is 7.29. The minimum Gasteiger partial charge on any atom is -0.300 e. The summed E-state index contributed by atoms with van der Waals surface area (Å²) in [5, 5.41) is 0. The molecule has 5 fully saturated rings. The Morgan fingerprint density at radius 1 is 0.933 bits per heavy atom. The third-order valence-corrected chi connectivity index (χ3v) is 6.33. The van der Waals surface area contributed by atoms with Gasteiger partial charge in [0.15, 0.2) is 0 Å². The predicted molar refractivity (Wildman–Crippen MR) is 61.6 cm³/mol. The molecule has 0 aromatic heterocycles. The van der Waals surface area contributed by atoms with Gasteiger partial charge in [-0.2, -0.15) is 0 Å². The lowest BCUT2D eigenvalue weighted by atomic mass is 9.48. The largest absolute Gasteiger partial charge is 0.300 e. The van der Waals surface area contributed by atoms with Gasteiger partial charge in [-0.3, -0.25) is 0 Å². The Balaban J connectivity index is 1.75. The average molecular weight is 205 g/mol. The topological polar surface area (TPSA) is 3.24 Å². The Labute approximate surface area is 93.2 Å². The third-order valence-electron chi connectivity index (χ3n) is 6.33. The first kappa shape index (κ1) is 9.04. The maximum atomic E-state index is 2.76. The van der Waals surface area contributed by atoms with Crippen LogP contribution in [0.4, 0.5) is 0 Å². The van der Waals surface area contributed by atoms with Crippen LogP contribution in [-0.2, 0) is 0 Å². The van der Waals surface area contributed by atoms with Crippen LogP contribution < -0.4 is 0 Å². The summed E-state index contributed by atoms with van der Waals surface area (Å²) in [6, 6.07) is 0. The minimum atomic E-state index is 0.688. The van der Waals surface area contributed by atoms with Gasteiger partial charge in [-0.1, -0.05) is 0 Å². The van der Waals surface area contributed by atoms with E-state index in [-0.39, 0.29) is 0 Å². The van der Waals surface area contributed by atoms with E-state index in [4.69, 9.17) is 0 Å². The highest BCUT2D eigenvalue weighted by Gasteiger charge is 2.59. The Hall–Kier alpha value is -0.0400. The molecule has 0 unspecified atom stereocenters. The molecule has 1 heteroatoms. The number of rotatable bonds is 0. The fraction of sp³-hybridized carbons (Fsp3) is 1.00. The molecule has 1 aliphatic heterocycles. The second-order valence-electron chi connectivity index (χ2n) is 6.82. The summed E-state index contributed by atoms with van der Waals surface area (Å²) in [5.41, 5.74) is 0.688. The Morgan fingerprint density at radius 3 is 2.00 bits per heavy atom. The van der Waals surface area contributed by atoms with Crippen molar-refractivity contribution in [1.82, 2.24) is 4.90 Å². The third kappa shape index (κ3) is 0.988. The highest BCUT2D eigenvalue weighted by Crippen LogP contribution is 2.62. The summed E-state index contributed by atoms with van der Waals surface area (Å²) in [7, 11) is 2.41. The molecule has 1 nitrogen and oxygen atoms in total. The lowest BCUT2D eigenvalue weighted by Gasteiger charge is -2.62. The van der Waals surface area contributed by atoms with Crippen LogP contribution in [0.3, 0.4) is 0 Å². The number of nitrogens with zero attached hydrogens (tertiary/aromatic N) is 1. The average Bonchev–Trinajstić information content (AvgIpc) is 2.57. The molecular weight excluding hydrogens is 182 g/mol. The Bertz CT molecular complexity index is 255. The number of hydrogen-bond acceptors (Lipinski definition) is 1. The van der Waals surface area contributed by atoms with Gasteiger partial charge in [0, 0.05) is 5.54 Å². The van der Waals surface area contributed by atoms with Crippen molar-refractivity contribution in [1.29, 1.82) is 0 Å². The zero-order chi connectivity index (χ0) is 10.0. The molecule has 0 aromatic carbocycles. The molecule has 0 radical (unpaired) electrons. The number of likely N-dealkylation sites (tertiary alicyclic amines) is 1. The molecule has 1 saturated heterocycles. The van der Waals surface area contributed by atoms with Crippen LogP contribution in [0.25, 0.3) is 0 Å². The molecule has 15 heavy (non-hydrogen) atoms. The molecule has 1 heterocycles. The fourth-order valence-corrected chi connectivity index (χ4v) is 6.03. The van der Waals surface area contributed by atoms with Crippen LogP contribution in [0.5, 0.6) is 0 Å². The SMILES string of the molecule is CN1CCCC12[C@H]1C[C@H]3C[C@H](C1)C[C@H]2C3. The summed E-state index contributed by atoms with van der Waals surface area (Å²) in [6.45, 7) is 1.38. The normalized spacial score (nSPS) is 58.2. The van der Waals surface area contributed by atoms with Gasteiger partial charge in [0.05, 0.1) is 0 Å². The molecule has 0 N–H and O–H groups in total. The molecule has 0 aromatic rings. The van der Waals surface area contributed by atoms with E-state index in [0.29, 0.717) is 5.54 Å². The van der Waals surface area contributed by atoms with E-state index in [2.05, 4.69) is 11.9 Å². The van der Waals surface area contributed by atoms with E-state index < -0.39 is 0 Å². The smallest absolute Gasteiger partial charge is 0.0263 e. The van der Waals surface area contributed by atoms with Crippen LogP contribution >= 0.6 is 0 Å². The van der Waals surface area contributed by atoms with Crippen LogP contribution in [-0.4, -0.2) is 24.0 Å². The maximum Gasteiger partial charge on any atom is 0.0263 e. The van der Waals surface area contributed by atoms with Gasteiger partial charge < -0.3 is 4.90 Å². The van der Waals surface area contributed by atoms with E-state index in [9.17, 15) is 0 Å². The highest BCUT2D eigenvalue weighted by molar-refractivity contribution is 5.13. The summed E-state index contributed by atoms with van der Waals surface area (Å²) in [6.07, 6.45) is 10.9. The quantitative estimate of drug-likeness (QED) is 0.588. The Kier molecular flexibility index (Phi) is 1.68. The second-order valence-corrected chi connectivity index (χ2v) is 6.82. The van der Waals surface area contributed by atoms with Crippen molar-refractivity contribution in [2.45, 2.75) is 50.5 Å². The first-order valence-corrected chi connectivity index (χ1v) is 7.00. The van der Waals surface area contributed by atoms with E-state index in [1.165, 1.54) is 19.4 Å². The molecular formula is C14H23N. The molecule has 1 spiro atoms. The zero-order valence-corrected chi connectivity index (χ0v) is 9.91. The van der Waals surface area contributed by atoms with Crippen molar-refractivity contribution in [3.8, 4) is 0 Å². The monoisotopic (exact) mass is 205 g/mol. The van der Waals surface area contributed by atoms with Gasteiger partial charge in [-0.25, -0.2) is 0 Å². The molecule has 5 rings (SSSR count). The molecule has 5 aliphatic rings. The van der Waals surface area contributed by atoms with Crippen molar-refractivity contribution in [2.24, 2.45) is 23.7 Å². The minimum absolute atomic E-state index is 0.688. The second kappa shape index (κ2) is 2.80. The van der Waals surface area contributed by atoms with E-state index in [0.717, 1.165) is 23.7 Å². The molecule has 4 bridgehead atoms. The lowest BCUT2D eigenvalue weighted by molar-refractivity contribution is -0.111. The summed E-state index contributed by atoms with van der Waals surface area (Å²) >= 11 is 0. The van der Waals surface area contributed by atoms with Crippen LogP contribution in [0, 0.1) is 23.7 Å². The number of hydrogen-bond donors (Lipinski definition) is 0. The zero-order valence-electron chi connectivity index (χ0n) is 9.91. The molecule has 84 valence electrons. The van der Waals surface area contributed by atoms with Gasteiger partial charge in [-0.15, -0.1) is 0 Å². The van der Waals surface area contributed by atoms with E-state index >= 15 is 0 Å². The molecule has 0 atom stereocenters. The lowest BCUT2D eigenvalue weighted by Crippen LogP contribution is -2.62. The van der Waals surface area contributed by atoms with Gasteiger partial charge in [-0.05, 0) is 82.2 Å². The van der Waals surface area contributed by atoms with Crippen LogP contribution in [0.15, 0.2) is 0 Å². The van der Waals surface area contributed by atoms with Gasteiger partial charge in [0.1, 0.15) is 0 Å². The van der Waals surface area contributed by atoms with Crippen molar-refractivity contribution in [3.05, 3.63) is 0 Å². The Morgan fingerprint density at radius 2 is 1.53 bits per heavy atom. The summed E-state index contributed by atoms with van der Waals surface area (Å²) < 4.78 is 0. The molecule has 4 aliphatic carbocycles. The van der Waals surface area contributed by atoms with Gasteiger partial charge >= 0.3 is 0 Å². The van der Waals surface area contributed by atoms with Crippen molar-refractivity contribution in [3.63, 3.8) is 0 Å². The predicted octanol–water partition coefficient (Wildman–Crippen LogP) is 2.91. The fourth-order valence-electron chi connectivity index (χ4n) is 6.03. The van der Waals surface area contributed by atoms with Gasteiger partial charge in [0.25, 0.3) is 0 Å². The van der Waals surface area contributed by atoms with E-state index in [1.807, 2.05) is 0 Å².